The van der Waals surface area contributed by atoms with Crippen LogP contribution in [0.5, 0.6) is 0 Å². The topological polar surface area (TPSA) is 29.0 Å². The molecule has 0 fully saturated rings. The number of hydrogen-bond acceptors (Lipinski definition) is 3. The van der Waals surface area contributed by atoms with E-state index in [0.717, 1.165) is 11.4 Å². The fraction of sp³-hybridized carbons (Fsp3) is 0.231. The van der Waals surface area contributed by atoms with Gasteiger partial charge in [-0.3, -0.25) is 0 Å². The van der Waals surface area contributed by atoms with Crippen molar-refractivity contribution in [3.05, 3.63) is 47.9 Å². The number of rotatable bonds is 4. The maximum Gasteiger partial charge on any atom is 0.155 e. The zero-order valence-electron chi connectivity index (χ0n) is 9.98. The van der Waals surface area contributed by atoms with E-state index in [2.05, 4.69) is 10.2 Å². The highest BCUT2D eigenvalue weighted by Crippen LogP contribution is 2.23. The number of alkyl halides is 1. The summed E-state index contributed by atoms with van der Waals surface area (Å²) >= 11 is 5.66. The van der Waals surface area contributed by atoms with E-state index in [1.54, 1.807) is 6.07 Å². The predicted octanol–water partition coefficient (Wildman–Crippen LogP) is 3.51. The zero-order valence-corrected chi connectivity index (χ0v) is 10.7. The third kappa shape index (κ3) is 2.76. The van der Waals surface area contributed by atoms with Crippen LogP contribution in [0.25, 0.3) is 0 Å². The molecule has 2 aromatic rings. The standard InChI is InChI=1S/C13H13ClFN3/c1-2-18(12-5-3-4-10(15)8-12)13-7-6-11(9-14)16-17-13/h3-8H,2,9H2,1H3. The minimum absolute atomic E-state index is 0.267. The van der Waals surface area contributed by atoms with Crippen LogP contribution in [0.4, 0.5) is 15.9 Å². The zero-order chi connectivity index (χ0) is 13.0. The minimum Gasteiger partial charge on any atom is -0.325 e. The molecule has 18 heavy (non-hydrogen) atoms. The van der Waals surface area contributed by atoms with Crippen LogP contribution in [0.1, 0.15) is 12.6 Å². The molecule has 0 saturated heterocycles. The molecule has 0 atom stereocenters. The summed E-state index contributed by atoms with van der Waals surface area (Å²) in [4.78, 5) is 1.88. The van der Waals surface area contributed by atoms with Crippen LogP contribution in [0.15, 0.2) is 36.4 Å². The lowest BCUT2D eigenvalue weighted by molar-refractivity contribution is 0.627. The van der Waals surface area contributed by atoms with E-state index in [9.17, 15) is 4.39 Å². The Morgan fingerprint density at radius 1 is 1.22 bits per heavy atom. The molecule has 0 radical (unpaired) electrons. The average Bonchev–Trinajstić information content (AvgIpc) is 2.40. The summed E-state index contributed by atoms with van der Waals surface area (Å²) in [6.45, 7) is 2.65. The monoisotopic (exact) mass is 265 g/mol. The highest BCUT2D eigenvalue weighted by atomic mass is 35.5. The van der Waals surface area contributed by atoms with Crippen LogP contribution in [0.2, 0.25) is 0 Å². The summed E-state index contributed by atoms with van der Waals surface area (Å²) in [6.07, 6.45) is 0. The van der Waals surface area contributed by atoms with Crippen molar-refractivity contribution in [3.63, 3.8) is 0 Å². The largest absolute Gasteiger partial charge is 0.325 e. The van der Waals surface area contributed by atoms with E-state index in [1.165, 1.54) is 12.1 Å². The van der Waals surface area contributed by atoms with Crippen molar-refractivity contribution < 1.29 is 4.39 Å². The molecule has 0 aliphatic rings. The average molecular weight is 266 g/mol. The van der Waals surface area contributed by atoms with Gasteiger partial charge in [-0.05, 0) is 37.3 Å². The van der Waals surface area contributed by atoms with Crippen LogP contribution in [-0.4, -0.2) is 16.7 Å². The lowest BCUT2D eigenvalue weighted by atomic mass is 10.2. The Bertz CT molecular complexity index is 516. The fourth-order valence-corrected chi connectivity index (χ4v) is 1.83. The van der Waals surface area contributed by atoms with Crippen molar-refractivity contribution in [2.75, 3.05) is 11.4 Å². The van der Waals surface area contributed by atoms with Gasteiger partial charge >= 0.3 is 0 Å². The van der Waals surface area contributed by atoms with Gasteiger partial charge < -0.3 is 4.90 Å². The smallest absolute Gasteiger partial charge is 0.155 e. The number of hydrogen-bond donors (Lipinski definition) is 0. The first-order chi connectivity index (χ1) is 8.74. The summed E-state index contributed by atoms with van der Waals surface area (Å²) in [6, 6.07) is 10.0. The minimum atomic E-state index is -0.267. The quantitative estimate of drug-likeness (QED) is 0.792. The first-order valence-corrected chi connectivity index (χ1v) is 6.19. The SMILES string of the molecule is CCN(c1cccc(F)c1)c1ccc(CCl)nn1. The number of aromatic nitrogens is 2. The van der Waals surface area contributed by atoms with E-state index in [4.69, 9.17) is 11.6 Å². The van der Waals surface area contributed by atoms with E-state index in [0.29, 0.717) is 18.2 Å². The molecule has 94 valence electrons. The molecule has 1 aromatic heterocycles. The van der Waals surface area contributed by atoms with Crippen molar-refractivity contribution in [2.45, 2.75) is 12.8 Å². The van der Waals surface area contributed by atoms with Crippen LogP contribution < -0.4 is 4.90 Å². The summed E-state index contributed by atoms with van der Waals surface area (Å²) in [5.41, 5.74) is 1.47. The van der Waals surface area contributed by atoms with Gasteiger partial charge in [0.25, 0.3) is 0 Å². The molecule has 5 heteroatoms. The predicted molar refractivity (Wildman–Crippen MR) is 70.7 cm³/mol. The Morgan fingerprint density at radius 2 is 2.06 bits per heavy atom. The molecule has 3 nitrogen and oxygen atoms in total. The molecular formula is C13H13ClFN3. The van der Waals surface area contributed by atoms with Crippen LogP contribution in [-0.2, 0) is 5.88 Å². The Kier molecular flexibility index (Phi) is 4.10. The van der Waals surface area contributed by atoms with Crippen molar-refractivity contribution >= 4 is 23.1 Å². The summed E-state index contributed by atoms with van der Waals surface area (Å²) in [7, 11) is 0. The molecule has 1 aromatic carbocycles. The lowest BCUT2D eigenvalue weighted by Gasteiger charge is -2.21. The van der Waals surface area contributed by atoms with Crippen molar-refractivity contribution in [1.82, 2.24) is 10.2 Å². The number of benzene rings is 1. The maximum absolute atomic E-state index is 13.2. The molecular weight excluding hydrogens is 253 g/mol. The van der Waals surface area contributed by atoms with Crippen molar-refractivity contribution in [3.8, 4) is 0 Å². The Morgan fingerprint density at radius 3 is 2.61 bits per heavy atom. The van der Waals surface area contributed by atoms with Gasteiger partial charge in [0.05, 0.1) is 11.6 Å². The molecule has 0 saturated carbocycles. The Balaban J connectivity index is 2.32. The Hall–Kier alpha value is -1.68. The summed E-state index contributed by atoms with van der Waals surface area (Å²) < 4.78 is 13.2. The summed E-state index contributed by atoms with van der Waals surface area (Å²) in [5, 5.41) is 8.09. The van der Waals surface area contributed by atoms with Gasteiger partial charge in [-0.25, -0.2) is 4.39 Å². The van der Waals surface area contributed by atoms with E-state index < -0.39 is 0 Å². The van der Waals surface area contributed by atoms with Gasteiger partial charge in [-0.15, -0.1) is 16.7 Å². The van der Waals surface area contributed by atoms with Gasteiger partial charge in [0, 0.05) is 12.2 Å². The lowest BCUT2D eigenvalue weighted by Crippen LogP contribution is -2.18. The van der Waals surface area contributed by atoms with Crippen LogP contribution in [0, 0.1) is 5.82 Å². The first kappa shape index (κ1) is 12.8. The molecule has 0 N–H and O–H groups in total. The van der Waals surface area contributed by atoms with E-state index in [1.807, 2.05) is 30.0 Å². The second-order valence-electron chi connectivity index (χ2n) is 3.74. The molecule has 0 spiro atoms. The Labute approximate surface area is 110 Å². The van der Waals surface area contributed by atoms with Gasteiger partial charge in [0.15, 0.2) is 5.82 Å². The normalized spacial score (nSPS) is 10.4. The fourth-order valence-electron chi connectivity index (χ4n) is 1.69. The molecule has 0 aliphatic carbocycles. The van der Waals surface area contributed by atoms with E-state index in [-0.39, 0.29) is 5.82 Å². The molecule has 0 bridgehead atoms. The van der Waals surface area contributed by atoms with Gasteiger partial charge in [-0.2, -0.15) is 5.10 Å². The van der Waals surface area contributed by atoms with Gasteiger partial charge in [-0.1, -0.05) is 6.07 Å². The van der Waals surface area contributed by atoms with Gasteiger partial charge in [0.1, 0.15) is 5.82 Å². The third-order valence-electron chi connectivity index (χ3n) is 2.56. The van der Waals surface area contributed by atoms with Gasteiger partial charge in [0.2, 0.25) is 0 Å². The first-order valence-electron chi connectivity index (χ1n) is 5.66. The maximum atomic E-state index is 13.2. The van der Waals surface area contributed by atoms with Crippen molar-refractivity contribution in [2.24, 2.45) is 0 Å². The third-order valence-corrected chi connectivity index (χ3v) is 2.83. The van der Waals surface area contributed by atoms with E-state index >= 15 is 0 Å². The molecule has 0 aliphatic heterocycles. The van der Waals surface area contributed by atoms with Crippen LogP contribution in [0.3, 0.4) is 0 Å². The highest BCUT2D eigenvalue weighted by Gasteiger charge is 2.09. The van der Waals surface area contributed by atoms with Crippen LogP contribution >= 0.6 is 11.6 Å². The second kappa shape index (κ2) is 5.78. The molecule has 0 unspecified atom stereocenters. The number of nitrogens with zero attached hydrogens (tertiary/aromatic N) is 3. The molecule has 2 rings (SSSR count). The number of anilines is 2. The number of halogens is 2. The summed E-state index contributed by atoms with van der Waals surface area (Å²) in [5.74, 6) is 0.743. The molecule has 1 heterocycles. The molecule has 0 amide bonds. The second-order valence-corrected chi connectivity index (χ2v) is 4.01. The highest BCUT2D eigenvalue weighted by molar-refractivity contribution is 6.16. The van der Waals surface area contributed by atoms with Crippen molar-refractivity contribution in [1.29, 1.82) is 0 Å².